The summed E-state index contributed by atoms with van der Waals surface area (Å²) in [6.07, 6.45) is -1.83. The average molecular weight is 437 g/mol. The highest BCUT2D eigenvalue weighted by Gasteiger charge is 2.45. The molecule has 0 aliphatic heterocycles. The molecule has 0 bridgehead atoms. The van der Waals surface area contributed by atoms with Gasteiger partial charge in [-0.1, -0.05) is 17.3 Å². The first-order valence-corrected chi connectivity index (χ1v) is 10.0. The van der Waals surface area contributed by atoms with Gasteiger partial charge in [0.05, 0.1) is 0 Å². The molecule has 1 N–H and O–H groups in total. The van der Waals surface area contributed by atoms with Crippen molar-refractivity contribution in [2.24, 2.45) is 5.92 Å². The van der Waals surface area contributed by atoms with Crippen molar-refractivity contribution >= 4 is 17.6 Å². The fourth-order valence-electron chi connectivity index (χ4n) is 3.54. The first kappa shape index (κ1) is 21.4. The lowest BCUT2D eigenvalue weighted by Gasteiger charge is -2.21. The van der Waals surface area contributed by atoms with Crippen LogP contribution in [0, 0.1) is 19.8 Å². The maximum Gasteiger partial charge on any atom is 0.493 e. The lowest BCUT2D eigenvalue weighted by molar-refractivity contribution is -0.200. The van der Waals surface area contributed by atoms with Crippen molar-refractivity contribution in [2.45, 2.75) is 51.2 Å². The number of carbonyl (C=O) groups is 2. The molecule has 2 saturated carbocycles. The fraction of sp³-hybridized carbons (Fsp3) is 0.476. The second-order valence-electron chi connectivity index (χ2n) is 8.07. The van der Waals surface area contributed by atoms with E-state index in [4.69, 9.17) is 4.52 Å². The van der Waals surface area contributed by atoms with Crippen molar-refractivity contribution in [3.05, 3.63) is 46.8 Å². The predicted molar refractivity (Wildman–Crippen MR) is 103 cm³/mol. The number of aromatic nitrogens is 1. The SMILES string of the molecule is Cc1noc(C)c1N(OC(=O)C(F)(F)F)C(=O)c1cccc(C2CC2NCC2CC2)c1. The van der Waals surface area contributed by atoms with Crippen molar-refractivity contribution in [3.8, 4) is 0 Å². The molecular weight excluding hydrogens is 415 g/mol. The topological polar surface area (TPSA) is 84.7 Å². The minimum atomic E-state index is -5.27. The normalized spacial score (nSPS) is 20.4. The number of benzene rings is 1. The van der Waals surface area contributed by atoms with Crippen LogP contribution in [-0.2, 0) is 9.63 Å². The van der Waals surface area contributed by atoms with E-state index in [9.17, 15) is 22.8 Å². The third-order valence-corrected chi connectivity index (χ3v) is 5.51. The molecular formula is C21H22F3N3O4. The number of nitrogens with zero attached hydrogens (tertiary/aromatic N) is 2. The van der Waals surface area contributed by atoms with Gasteiger partial charge in [0, 0.05) is 17.5 Å². The van der Waals surface area contributed by atoms with Crippen LogP contribution in [-0.4, -0.2) is 35.8 Å². The molecule has 166 valence electrons. The summed E-state index contributed by atoms with van der Waals surface area (Å²) in [7, 11) is 0. The Bertz CT molecular complexity index is 980. The molecule has 1 aromatic heterocycles. The molecule has 0 saturated heterocycles. The van der Waals surface area contributed by atoms with E-state index < -0.39 is 18.1 Å². The highest BCUT2D eigenvalue weighted by atomic mass is 19.4. The molecule has 1 heterocycles. The zero-order valence-electron chi connectivity index (χ0n) is 17.0. The summed E-state index contributed by atoms with van der Waals surface area (Å²) in [6, 6.07) is 6.96. The van der Waals surface area contributed by atoms with E-state index in [-0.39, 0.29) is 28.6 Å². The number of anilines is 1. The average Bonchev–Trinajstić information content (AvgIpc) is 3.63. The number of hydrogen-bond donors (Lipinski definition) is 1. The number of nitrogens with one attached hydrogen (secondary N) is 1. The van der Waals surface area contributed by atoms with Gasteiger partial charge < -0.3 is 14.7 Å². The van der Waals surface area contributed by atoms with Gasteiger partial charge in [-0.2, -0.15) is 13.2 Å². The van der Waals surface area contributed by atoms with Gasteiger partial charge >= 0.3 is 12.1 Å². The predicted octanol–water partition coefficient (Wildman–Crippen LogP) is 3.81. The van der Waals surface area contributed by atoms with E-state index in [0.717, 1.165) is 24.4 Å². The number of rotatable bonds is 6. The van der Waals surface area contributed by atoms with Crippen LogP contribution in [0.1, 0.15) is 52.6 Å². The second kappa shape index (κ2) is 7.99. The Labute approximate surface area is 176 Å². The highest BCUT2D eigenvalue weighted by Crippen LogP contribution is 2.42. The van der Waals surface area contributed by atoms with Crippen molar-refractivity contribution in [1.29, 1.82) is 0 Å². The maximum absolute atomic E-state index is 13.1. The molecule has 0 spiro atoms. The Morgan fingerprint density at radius 2 is 2.03 bits per heavy atom. The van der Waals surface area contributed by atoms with Gasteiger partial charge in [0.1, 0.15) is 11.4 Å². The van der Waals surface area contributed by atoms with Gasteiger partial charge in [0.15, 0.2) is 5.76 Å². The van der Waals surface area contributed by atoms with Crippen LogP contribution < -0.4 is 10.4 Å². The summed E-state index contributed by atoms with van der Waals surface area (Å²) >= 11 is 0. The van der Waals surface area contributed by atoms with Crippen molar-refractivity contribution in [2.75, 3.05) is 11.6 Å². The van der Waals surface area contributed by atoms with E-state index in [0.29, 0.717) is 11.1 Å². The number of carbonyl (C=O) groups excluding carboxylic acids is 2. The van der Waals surface area contributed by atoms with E-state index >= 15 is 0 Å². The number of hydroxylamine groups is 1. The third-order valence-electron chi connectivity index (χ3n) is 5.51. The number of hydrogen-bond acceptors (Lipinski definition) is 6. The Kier molecular flexibility index (Phi) is 5.50. The largest absolute Gasteiger partial charge is 0.493 e. The van der Waals surface area contributed by atoms with E-state index in [1.807, 2.05) is 6.07 Å². The number of alkyl halides is 3. The molecule has 31 heavy (non-hydrogen) atoms. The Morgan fingerprint density at radius 3 is 2.65 bits per heavy atom. The first-order valence-electron chi connectivity index (χ1n) is 10.0. The summed E-state index contributed by atoms with van der Waals surface area (Å²) < 4.78 is 43.4. The fourth-order valence-corrected chi connectivity index (χ4v) is 3.54. The first-order chi connectivity index (χ1) is 14.6. The molecule has 0 radical (unpaired) electrons. The molecule has 2 unspecified atom stereocenters. The van der Waals surface area contributed by atoms with Gasteiger partial charge in [-0.25, -0.2) is 4.79 Å². The molecule has 4 rings (SSSR count). The van der Waals surface area contributed by atoms with Crippen LogP contribution >= 0.6 is 0 Å². The number of amides is 1. The molecule has 2 aliphatic carbocycles. The number of halogens is 3. The zero-order chi connectivity index (χ0) is 22.3. The summed E-state index contributed by atoms with van der Waals surface area (Å²) in [5.74, 6) is -2.40. The minimum Gasteiger partial charge on any atom is -0.359 e. The van der Waals surface area contributed by atoms with Crippen LogP contribution in [0.3, 0.4) is 0 Å². The smallest absolute Gasteiger partial charge is 0.359 e. The molecule has 2 fully saturated rings. The van der Waals surface area contributed by atoms with Crippen molar-refractivity contribution in [1.82, 2.24) is 10.5 Å². The quantitative estimate of drug-likeness (QED) is 0.692. The van der Waals surface area contributed by atoms with Gasteiger partial charge in [-0.3, -0.25) is 4.79 Å². The summed E-state index contributed by atoms with van der Waals surface area (Å²) in [6.45, 7) is 3.82. The van der Waals surface area contributed by atoms with Gasteiger partial charge in [-0.15, -0.1) is 5.06 Å². The van der Waals surface area contributed by atoms with Crippen molar-refractivity contribution in [3.63, 3.8) is 0 Å². The standard InChI is InChI=1S/C21H22F3N3O4/c1-11-18(12(2)30-26-11)27(31-20(29)21(22,23)24)19(28)15-5-3-4-14(8-15)16-9-17(16)25-10-13-6-7-13/h3-5,8,13,16-17,25H,6-7,9-10H2,1-2H3. The van der Waals surface area contributed by atoms with Crippen LogP contribution in [0.2, 0.25) is 0 Å². The van der Waals surface area contributed by atoms with E-state index in [1.54, 1.807) is 12.1 Å². The third kappa shape index (κ3) is 4.73. The molecule has 2 aliphatic rings. The van der Waals surface area contributed by atoms with Crippen molar-refractivity contribution < 1.29 is 32.1 Å². The van der Waals surface area contributed by atoms with Crippen LogP contribution in [0.25, 0.3) is 0 Å². The maximum atomic E-state index is 13.1. The Morgan fingerprint density at radius 1 is 1.29 bits per heavy atom. The minimum absolute atomic E-state index is 0.0449. The van der Waals surface area contributed by atoms with Gasteiger partial charge in [0.25, 0.3) is 5.91 Å². The summed E-state index contributed by atoms with van der Waals surface area (Å²) in [5.41, 5.74) is 0.979. The van der Waals surface area contributed by atoms with E-state index in [1.165, 1.54) is 32.8 Å². The van der Waals surface area contributed by atoms with E-state index in [2.05, 4.69) is 15.3 Å². The molecule has 7 nitrogen and oxygen atoms in total. The number of aryl methyl sites for hydroxylation is 2. The van der Waals surface area contributed by atoms with Gasteiger partial charge in [0.2, 0.25) is 0 Å². The molecule has 1 aromatic carbocycles. The second-order valence-corrected chi connectivity index (χ2v) is 8.07. The van der Waals surface area contributed by atoms with Crippen LogP contribution in [0.4, 0.5) is 18.9 Å². The van der Waals surface area contributed by atoms with Gasteiger partial charge in [-0.05, 0) is 63.3 Å². The van der Waals surface area contributed by atoms with Crippen LogP contribution in [0.5, 0.6) is 0 Å². The molecule has 10 heteroatoms. The molecule has 2 aromatic rings. The highest BCUT2D eigenvalue weighted by molar-refractivity contribution is 6.06. The lowest BCUT2D eigenvalue weighted by Crippen LogP contribution is -2.39. The molecule has 2 atom stereocenters. The summed E-state index contributed by atoms with van der Waals surface area (Å²) in [4.78, 5) is 29.0. The Hall–Kier alpha value is -2.88. The lowest BCUT2D eigenvalue weighted by atomic mass is 10.1. The van der Waals surface area contributed by atoms with Crippen LogP contribution in [0.15, 0.2) is 28.8 Å². The summed E-state index contributed by atoms with van der Waals surface area (Å²) in [5, 5.41) is 7.46. The molecule has 1 amide bonds. The zero-order valence-corrected chi connectivity index (χ0v) is 17.0. The monoisotopic (exact) mass is 437 g/mol. The Balaban J connectivity index is 1.56.